The zero-order chi connectivity index (χ0) is 20.1. The Morgan fingerprint density at radius 1 is 0.643 bits per heavy atom. The number of benzene rings is 3. The van der Waals surface area contributed by atoms with Crippen molar-refractivity contribution in [1.29, 1.82) is 0 Å². The van der Waals surface area contributed by atoms with Gasteiger partial charge < -0.3 is 0 Å². The standard InChI is InChI=1S/C25H25F3/c1-3-5-18-9-13-21(23(26)16-18)12-8-17-6-10-20(11-7-17)22-15-14-19(4-2)24(27)25(22)28/h6-7,9-11,13-16H,3-5,8,12H2,1-2H3. The van der Waals surface area contributed by atoms with E-state index >= 15 is 0 Å². The first-order chi connectivity index (χ1) is 13.5. The van der Waals surface area contributed by atoms with Crippen molar-refractivity contribution in [3.63, 3.8) is 0 Å². The van der Waals surface area contributed by atoms with Crippen LogP contribution >= 0.6 is 0 Å². The summed E-state index contributed by atoms with van der Waals surface area (Å²) < 4.78 is 42.6. The van der Waals surface area contributed by atoms with E-state index in [9.17, 15) is 13.2 Å². The minimum absolute atomic E-state index is 0.156. The van der Waals surface area contributed by atoms with Gasteiger partial charge in [-0.05, 0) is 59.6 Å². The second-order valence-corrected chi connectivity index (χ2v) is 7.13. The minimum Gasteiger partial charge on any atom is -0.207 e. The predicted molar refractivity (Wildman–Crippen MR) is 109 cm³/mol. The van der Waals surface area contributed by atoms with E-state index in [0.29, 0.717) is 36.0 Å². The fourth-order valence-corrected chi connectivity index (χ4v) is 3.45. The molecule has 0 aliphatic rings. The maximum Gasteiger partial charge on any atom is 0.166 e. The molecule has 0 aromatic heterocycles. The molecule has 0 N–H and O–H groups in total. The first-order valence-corrected chi connectivity index (χ1v) is 9.87. The van der Waals surface area contributed by atoms with Crippen LogP contribution in [0.5, 0.6) is 0 Å². The Morgan fingerprint density at radius 3 is 1.96 bits per heavy atom. The highest BCUT2D eigenvalue weighted by molar-refractivity contribution is 5.65. The summed E-state index contributed by atoms with van der Waals surface area (Å²) in [6.07, 6.45) is 3.63. The maximum atomic E-state index is 14.3. The largest absolute Gasteiger partial charge is 0.207 e. The third-order valence-corrected chi connectivity index (χ3v) is 5.15. The summed E-state index contributed by atoms with van der Waals surface area (Å²) in [6.45, 7) is 3.88. The summed E-state index contributed by atoms with van der Waals surface area (Å²) in [5.74, 6) is -1.73. The topological polar surface area (TPSA) is 0 Å². The lowest BCUT2D eigenvalue weighted by Gasteiger charge is -2.09. The molecule has 0 aliphatic carbocycles. The van der Waals surface area contributed by atoms with Gasteiger partial charge in [0.1, 0.15) is 5.82 Å². The number of aryl methyl sites for hydroxylation is 4. The van der Waals surface area contributed by atoms with Crippen LogP contribution < -0.4 is 0 Å². The van der Waals surface area contributed by atoms with Crippen molar-refractivity contribution in [2.45, 2.75) is 46.0 Å². The van der Waals surface area contributed by atoms with Crippen molar-refractivity contribution in [3.05, 3.63) is 94.3 Å². The minimum atomic E-state index is -0.804. The summed E-state index contributed by atoms with van der Waals surface area (Å²) >= 11 is 0. The molecule has 3 aromatic carbocycles. The summed E-state index contributed by atoms with van der Waals surface area (Å²) in [6, 6.07) is 16.1. The SMILES string of the molecule is CCCc1ccc(CCc2ccc(-c3ccc(CC)c(F)c3F)cc2)c(F)c1. The van der Waals surface area contributed by atoms with Gasteiger partial charge in [0.25, 0.3) is 0 Å². The number of rotatable bonds is 7. The summed E-state index contributed by atoms with van der Waals surface area (Å²) in [5, 5.41) is 0. The Bertz CT molecular complexity index is 943. The molecule has 3 heteroatoms. The molecule has 0 aliphatic heterocycles. The van der Waals surface area contributed by atoms with Crippen molar-refractivity contribution >= 4 is 0 Å². The lowest BCUT2D eigenvalue weighted by Crippen LogP contribution is -1.98. The lowest BCUT2D eigenvalue weighted by molar-refractivity contribution is 0.502. The molecule has 0 fully saturated rings. The Balaban J connectivity index is 1.71. The van der Waals surface area contributed by atoms with Gasteiger partial charge in [-0.2, -0.15) is 0 Å². The van der Waals surface area contributed by atoms with Crippen molar-refractivity contribution < 1.29 is 13.2 Å². The van der Waals surface area contributed by atoms with Gasteiger partial charge in [-0.1, -0.05) is 68.8 Å². The molecule has 0 saturated heterocycles. The molecule has 0 bridgehead atoms. The zero-order valence-corrected chi connectivity index (χ0v) is 16.4. The Morgan fingerprint density at radius 2 is 1.32 bits per heavy atom. The first kappa shape index (κ1) is 20.2. The van der Waals surface area contributed by atoms with Gasteiger partial charge in [-0.3, -0.25) is 0 Å². The van der Waals surface area contributed by atoms with Crippen molar-refractivity contribution in [2.75, 3.05) is 0 Å². The molecule has 0 unspecified atom stereocenters. The third kappa shape index (κ3) is 4.46. The molecule has 146 valence electrons. The average molecular weight is 382 g/mol. The van der Waals surface area contributed by atoms with E-state index in [4.69, 9.17) is 0 Å². The van der Waals surface area contributed by atoms with E-state index in [1.807, 2.05) is 24.3 Å². The Hall–Kier alpha value is -2.55. The van der Waals surface area contributed by atoms with Gasteiger partial charge in [-0.15, -0.1) is 0 Å². The Labute approximate surface area is 165 Å². The van der Waals surface area contributed by atoms with Gasteiger partial charge in [0.15, 0.2) is 11.6 Å². The van der Waals surface area contributed by atoms with E-state index in [1.54, 1.807) is 37.3 Å². The second kappa shape index (κ2) is 9.09. The van der Waals surface area contributed by atoms with Gasteiger partial charge in [0.2, 0.25) is 0 Å². The number of hydrogen-bond donors (Lipinski definition) is 0. The first-order valence-electron chi connectivity index (χ1n) is 9.87. The molecule has 0 spiro atoms. The summed E-state index contributed by atoms with van der Waals surface area (Å²) in [7, 11) is 0. The van der Waals surface area contributed by atoms with Gasteiger partial charge >= 0.3 is 0 Å². The van der Waals surface area contributed by atoms with Crippen molar-refractivity contribution in [2.24, 2.45) is 0 Å². The highest BCUT2D eigenvalue weighted by atomic mass is 19.2. The van der Waals surface area contributed by atoms with E-state index in [2.05, 4.69) is 6.92 Å². The highest BCUT2D eigenvalue weighted by Crippen LogP contribution is 2.27. The fourth-order valence-electron chi connectivity index (χ4n) is 3.45. The Kier molecular flexibility index (Phi) is 6.56. The molecule has 0 nitrogen and oxygen atoms in total. The molecule has 0 saturated carbocycles. The normalized spacial score (nSPS) is 11.0. The van der Waals surface area contributed by atoms with E-state index < -0.39 is 11.6 Å². The summed E-state index contributed by atoms with van der Waals surface area (Å²) in [4.78, 5) is 0. The van der Waals surface area contributed by atoms with Crippen LogP contribution in [0.15, 0.2) is 54.6 Å². The van der Waals surface area contributed by atoms with Crippen LogP contribution in [-0.2, 0) is 25.7 Å². The van der Waals surface area contributed by atoms with Crippen LogP contribution in [-0.4, -0.2) is 0 Å². The van der Waals surface area contributed by atoms with E-state index in [1.165, 1.54) is 0 Å². The summed E-state index contributed by atoms with van der Waals surface area (Å²) in [5.41, 5.74) is 4.04. The van der Waals surface area contributed by atoms with E-state index in [0.717, 1.165) is 24.0 Å². The molecule has 28 heavy (non-hydrogen) atoms. The van der Waals surface area contributed by atoms with Crippen molar-refractivity contribution in [3.8, 4) is 11.1 Å². The molecular formula is C25H25F3. The molecule has 3 rings (SSSR count). The lowest BCUT2D eigenvalue weighted by atomic mass is 9.98. The third-order valence-electron chi connectivity index (χ3n) is 5.15. The molecule has 0 heterocycles. The van der Waals surface area contributed by atoms with Crippen LogP contribution in [0.3, 0.4) is 0 Å². The average Bonchev–Trinajstić information content (AvgIpc) is 2.70. The second-order valence-electron chi connectivity index (χ2n) is 7.13. The molecule has 3 aromatic rings. The number of hydrogen-bond acceptors (Lipinski definition) is 0. The molecule has 0 radical (unpaired) electrons. The van der Waals surface area contributed by atoms with Crippen LogP contribution in [0.25, 0.3) is 11.1 Å². The highest BCUT2D eigenvalue weighted by Gasteiger charge is 2.13. The number of halogens is 3. The van der Waals surface area contributed by atoms with Crippen LogP contribution in [0.4, 0.5) is 13.2 Å². The quantitative estimate of drug-likeness (QED) is 0.410. The van der Waals surface area contributed by atoms with Gasteiger partial charge in [-0.25, -0.2) is 13.2 Å². The van der Waals surface area contributed by atoms with Crippen LogP contribution in [0, 0.1) is 17.5 Å². The van der Waals surface area contributed by atoms with Crippen LogP contribution in [0.1, 0.15) is 42.5 Å². The predicted octanol–water partition coefficient (Wildman–Crippen LogP) is 7.07. The smallest absolute Gasteiger partial charge is 0.166 e. The fraction of sp³-hybridized carbons (Fsp3) is 0.280. The molecule has 0 amide bonds. The van der Waals surface area contributed by atoms with Crippen LogP contribution in [0.2, 0.25) is 0 Å². The molecule has 0 atom stereocenters. The van der Waals surface area contributed by atoms with E-state index in [-0.39, 0.29) is 11.4 Å². The van der Waals surface area contributed by atoms with Gasteiger partial charge in [0.05, 0.1) is 0 Å². The zero-order valence-electron chi connectivity index (χ0n) is 16.4. The van der Waals surface area contributed by atoms with Crippen molar-refractivity contribution in [1.82, 2.24) is 0 Å². The van der Waals surface area contributed by atoms with Gasteiger partial charge in [0, 0.05) is 5.56 Å². The monoisotopic (exact) mass is 382 g/mol. The molecular weight excluding hydrogens is 357 g/mol. The maximum absolute atomic E-state index is 14.3.